The Morgan fingerprint density at radius 2 is 1.90 bits per heavy atom. The Labute approximate surface area is 169 Å². The summed E-state index contributed by atoms with van der Waals surface area (Å²) in [5, 5.41) is 9.26. The Hall–Kier alpha value is -2.30. The lowest BCUT2D eigenvalue weighted by atomic mass is 10.1. The van der Waals surface area contributed by atoms with Gasteiger partial charge in [-0.15, -0.1) is 10.2 Å². The second-order valence-electron chi connectivity index (χ2n) is 7.92. The highest BCUT2D eigenvalue weighted by atomic mass is 32.2. The number of benzene rings is 1. The van der Waals surface area contributed by atoms with Crippen molar-refractivity contribution in [1.82, 2.24) is 28.4 Å². The fraction of sp³-hybridized carbons (Fsp3) is 0.526. The highest BCUT2D eigenvalue weighted by Crippen LogP contribution is 2.21. The van der Waals surface area contributed by atoms with Gasteiger partial charge in [-0.3, -0.25) is 18.7 Å². The maximum atomic E-state index is 12.7. The molecular weight excluding hydrogens is 392 g/mol. The van der Waals surface area contributed by atoms with Gasteiger partial charge < -0.3 is 0 Å². The van der Waals surface area contributed by atoms with Crippen LogP contribution >= 0.6 is 0 Å². The molecule has 3 aromatic rings. The molecular formula is C19H26N6O3S. The SMILES string of the molecule is Cc1ccc2c(c1)c(=O)n(C)c1nnc(CN3CCC(N(C)S(C)(=O)=O)CC3)n21. The van der Waals surface area contributed by atoms with Gasteiger partial charge in [0.25, 0.3) is 5.56 Å². The van der Waals surface area contributed by atoms with Gasteiger partial charge in [-0.25, -0.2) is 12.7 Å². The molecule has 1 aromatic carbocycles. The zero-order chi connectivity index (χ0) is 20.9. The van der Waals surface area contributed by atoms with Gasteiger partial charge in [0.1, 0.15) is 0 Å². The van der Waals surface area contributed by atoms with Crippen LogP contribution in [-0.4, -0.2) is 69.2 Å². The van der Waals surface area contributed by atoms with Crippen molar-refractivity contribution in [3.8, 4) is 0 Å². The van der Waals surface area contributed by atoms with Gasteiger partial charge in [-0.05, 0) is 31.9 Å². The Bertz CT molecular complexity index is 1240. The second kappa shape index (κ2) is 7.19. The van der Waals surface area contributed by atoms with Gasteiger partial charge >= 0.3 is 0 Å². The molecule has 0 unspecified atom stereocenters. The number of piperidine rings is 1. The minimum Gasteiger partial charge on any atom is -0.296 e. The van der Waals surface area contributed by atoms with Crippen molar-refractivity contribution in [2.45, 2.75) is 32.4 Å². The van der Waals surface area contributed by atoms with Gasteiger partial charge in [0.15, 0.2) is 5.82 Å². The van der Waals surface area contributed by atoms with Crippen molar-refractivity contribution < 1.29 is 8.42 Å². The average molecular weight is 419 g/mol. The van der Waals surface area contributed by atoms with Crippen LogP contribution in [0.4, 0.5) is 0 Å². The first-order valence-corrected chi connectivity index (χ1v) is 11.5. The van der Waals surface area contributed by atoms with Crippen molar-refractivity contribution >= 4 is 26.7 Å². The van der Waals surface area contributed by atoms with Crippen LogP contribution in [-0.2, 0) is 23.6 Å². The normalized spacial score (nSPS) is 17.0. The Balaban J connectivity index is 1.63. The van der Waals surface area contributed by atoms with Crippen molar-refractivity contribution in [2.24, 2.45) is 7.05 Å². The first kappa shape index (κ1) is 20.0. The number of fused-ring (bicyclic) bond motifs is 3. The summed E-state index contributed by atoms with van der Waals surface area (Å²) in [4.78, 5) is 15.0. The van der Waals surface area contributed by atoms with Crippen LogP contribution in [0.5, 0.6) is 0 Å². The van der Waals surface area contributed by atoms with Crippen molar-refractivity contribution in [1.29, 1.82) is 0 Å². The van der Waals surface area contributed by atoms with Crippen LogP contribution < -0.4 is 5.56 Å². The summed E-state index contributed by atoms with van der Waals surface area (Å²) in [7, 11) is 0.182. The molecule has 29 heavy (non-hydrogen) atoms. The topological polar surface area (TPSA) is 92.8 Å². The minimum absolute atomic E-state index is 0.0287. The van der Waals surface area contributed by atoms with E-state index in [4.69, 9.17) is 0 Å². The lowest BCUT2D eigenvalue weighted by Gasteiger charge is -2.35. The largest absolute Gasteiger partial charge is 0.296 e. The molecule has 9 nitrogen and oxygen atoms in total. The first-order chi connectivity index (χ1) is 13.7. The van der Waals surface area contributed by atoms with Crippen LogP contribution in [0.1, 0.15) is 24.2 Å². The van der Waals surface area contributed by atoms with Crippen LogP contribution in [0.25, 0.3) is 16.7 Å². The van der Waals surface area contributed by atoms with E-state index >= 15 is 0 Å². The quantitative estimate of drug-likeness (QED) is 0.621. The Morgan fingerprint density at radius 3 is 2.55 bits per heavy atom. The highest BCUT2D eigenvalue weighted by molar-refractivity contribution is 7.88. The Morgan fingerprint density at radius 1 is 1.21 bits per heavy atom. The van der Waals surface area contributed by atoms with Gasteiger partial charge in [-0.2, -0.15) is 0 Å². The summed E-state index contributed by atoms with van der Waals surface area (Å²) in [6.45, 7) is 4.12. The minimum atomic E-state index is -3.18. The summed E-state index contributed by atoms with van der Waals surface area (Å²) < 4.78 is 28.5. The molecule has 4 rings (SSSR count). The molecule has 1 aliphatic heterocycles. The number of rotatable bonds is 4. The molecule has 0 amide bonds. The fourth-order valence-electron chi connectivity index (χ4n) is 4.07. The van der Waals surface area contributed by atoms with E-state index in [0.29, 0.717) is 17.7 Å². The van der Waals surface area contributed by atoms with Gasteiger partial charge in [-0.1, -0.05) is 11.6 Å². The summed E-state index contributed by atoms with van der Waals surface area (Å²) in [5.41, 5.74) is 1.75. The molecule has 1 fully saturated rings. The molecule has 0 radical (unpaired) electrons. The summed E-state index contributed by atoms with van der Waals surface area (Å²) in [6, 6.07) is 5.85. The van der Waals surface area contributed by atoms with Crippen LogP contribution in [0.3, 0.4) is 0 Å². The molecule has 0 spiro atoms. The third-order valence-electron chi connectivity index (χ3n) is 5.90. The number of aromatic nitrogens is 4. The summed E-state index contributed by atoms with van der Waals surface area (Å²) in [5.74, 6) is 1.30. The lowest BCUT2D eigenvalue weighted by molar-refractivity contribution is 0.161. The molecule has 156 valence electrons. The standard InChI is InChI=1S/C19H26N6O3S/c1-13-5-6-16-15(11-13)18(26)22(2)19-21-20-17(25(16)19)12-24-9-7-14(8-10-24)23(3)29(4,27)28/h5-6,11,14H,7-10,12H2,1-4H3. The number of aryl methyl sites for hydroxylation is 2. The predicted octanol–water partition coefficient (Wildman–Crippen LogP) is 0.745. The molecule has 0 bridgehead atoms. The van der Waals surface area contributed by atoms with Gasteiger partial charge in [0.05, 0.1) is 23.7 Å². The number of hydrogen-bond acceptors (Lipinski definition) is 6. The monoisotopic (exact) mass is 418 g/mol. The molecule has 1 saturated heterocycles. The molecule has 2 aromatic heterocycles. The summed E-state index contributed by atoms with van der Waals surface area (Å²) >= 11 is 0. The molecule has 10 heteroatoms. The average Bonchev–Trinajstić information content (AvgIpc) is 3.09. The highest BCUT2D eigenvalue weighted by Gasteiger charge is 2.28. The molecule has 0 N–H and O–H groups in total. The third-order valence-corrected chi connectivity index (χ3v) is 7.24. The Kier molecular flexibility index (Phi) is 4.96. The number of nitrogens with zero attached hydrogens (tertiary/aromatic N) is 6. The van der Waals surface area contributed by atoms with Crippen molar-refractivity contribution in [3.63, 3.8) is 0 Å². The van der Waals surface area contributed by atoms with Crippen LogP contribution in [0.2, 0.25) is 0 Å². The number of hydrogen-bond donors (Lipinski definition) is 0. The predicted molar refractivity (Wildman–Crippen MR) is 111 cm³/mol. The van der Waals surface area contributed by atoms with Crippen molar-refractivity contribution in [3.05, 3.63) is 39.9 Å². The van der Waals surface area contributed by atoms with E-state index in [2.05, 4.69) is 15.1 Å². The van der Waals surface area contributed by atoms with E-state index in [0.717, 1.165) is 42.8 Å². The maximum Gasteiger partial charge on any atom is 0.262 e. The van der Waals surface area contributed by atoms with E-state index in [9.17, 15) is 13.2 Å². The third kappa shape index (κ3) is 3.56. The lowest BCUT2D eigenvalue weighted by Crippen LogP contribution is -2.45. The fourth-order valence-corrected chi connectivity index (χ4v) is 4.83. The van der Waals surface area contributed by atoms with Crippen molar-refractivity contribution in [2.75, 3.05) is 26.4 Å². The van der Waals surface area contributed by atoms with Gasteiger partial charge in [0, 0.05) is 33.2 Å². The molecule has 1 aliphatic rings. The van der Waals surface area contributed by atoms with E-state index < -0.39 is 10.0 Å². The zero-order valence-electron chi connectivity index (χ0n) is 17.2. The molecule has 0 aliphatic carbocycles. The molecule has 0 saturated carbocycles. The number of sulfonamides is 1. The van der Waals surface area contributed by atoms with E-state index in [1.807, 2.05) is 29.5 Å². The van der Waals surface area contributed by atoms with E-state index in [1.165, 1.54) is 15.1 Å². The maximum absolute atomic E-state index is 12.7. The number of likely N-dealkylation sites (tertiary alicyclic amines) is 1. The van der Waals surface area contributed by atoms with E-state index in [1.54, 1.807) is 14.1 Å². The van der Waals surface area contributed by atoms with Crippen LogP contribution in [0.15, 0.2) is 23.0 Å². The first-order valence-electron chi connectivity index (χ1n) is 9.65. The van der Waals surface area contributed by atoms with Gasteiger partial charge in [0.2, 0.25) is 15.8 Å². The van der Waals surface area contributed by atoms with Crippen LogP contribution in [0, 0.1) is 6.92 Å². The smallest absolute Gasteiger partial charge is 0.262 e. The molecule has 0 atom stereocenters. The second-order valence-corrected chi connectivity index (χ2v) is 9.96. The zero-order valence-corrected chi connectivity index (χ0v) is 18.0. The van der Waals surface area contributed by atoms with E-state index in [-0.39, 0.29) is 11.6 Å². The summed E-state index contributed by atoms with van der Waals surface area (Å²) in [6.07, 6.45) is 2.80. The molecule has 3 heterocycles.